The number of hydrogen-bond acceptors (Lipinski definition) is 7. The van der Waals surface area contributed by atoms with E-state index in [9.17, 15) is 13.2 Å². The summed E-state index contributed by atoms with van der Waals surface area (Å²) in [6.07, 6.45) is -1.40. The van der Waals surface area contributed by atoms with Crippen LogP contribution in [0.2, 0.25) is 0 Å². The van der Waals surface area contributed by atoms with E-state index in [4.69, 9.17) is 4.74 Å². The molecule has 0 aliphatic carbocycles. The quantitative estimate of drug-likeness (QED) is 0.713. The molecular formula is C18H18F3N7O. The third-order valence-corrected chi connectivity index (χ3v) is 4.49. The molecule has 152 valence electrons. The number of aryl methyl sites for hydroxylation is 1. The maximum absolute atomic E-state index is 13.4. The topological polar surface area (TPSA) is 92.7 Å². The molecule has 4 heterocycles. The summed E-state index contributed by atoms with van der Waals surface area (Å²) >= 11 is 0. The molecule has 29 heavy (non-hydrogen) atoms. The van der Waals surface area contributed by atoms with E-state index >= 15 is 0 Å². The van der Waals surface area contributed by atoms with Crippen molar-refractivity contribution in [1.29, 1.82) is 0 Å². The predicted molar refractivity (Wildman–Crippen MR) is 96.9 cm³/mol. The number of aromatic nitrogens is 6. The highest BCUT2D eigenvalue weighted by molar-refractivity contribution is 5.57. The Hall–Kier alpha value is -3.08. The molecule has 0 amide bonds. The number of rotatable bonds is 4. The van der Waals surface area contributed by atoms with Gasteiger partial charge in [0.15, 0.2) is 17.3 Å². The lowest BCUT2D eigenvalue weighted by Crippen LogP contribution is -2.39. The molecule has 11 heteroatoms. The molecule has 1 fully saturated rings. The van der Waals surface area contributed by atoms with Gasteiger partial charge in [0.1, 0.15) is 17.7 Å². The first-order valence-electron chi connectivity index (χ1n) is 9.08. The van der Waals surface area contributed by atoms with Gasteiger partial charge in [-0.2, -0.15) is 18.3 Å². The van der Waals surface area contributed by atoms with E-state index in [1.54, 1.807) is 17.0 Å². The first-order chi connectivity index (χ1) is 13.9. The number of nitrogens with zero attached hydrogens (tertiary/aromatic N) is 6. The minimum absolute atomic E-state index is 0.0304. The van der Waals surface area contributed by atoms with E-state index in [0.717, 1.165) is 11.9 Å². The van der Waals surface area contributed by atoms with Crippen molar-refractivity contribution in [2.45, 2.75) is 25.6 Å². The second-order valence-corrected chi connectivity index (χ2v) is 6.47. The highest BCUT2D eigenvalue weighted by Gasteiger charge is 2.35. The Morgan fingerprint density at radius 1 is 1.28 bits per heavy atom. The van der Waals surface area contributed by atoms with Gasteiger partial charge in [0.2, 0.25) is 0 Å². The third-order valence-electron chi connectivity index (χ3n) is 4.49. The van der Waals surface area contributed by atoms with Gasteiger partial charge >= 0.3 is 6.18 Å². The molecule has 1 unspecified atom stereocenters. The van der Waals surface area contributed by atoms with Crippen LogP contribution in [-0.4, -0.2) is 49.8 Å². The molecule has 0 saturated carbocycles. The Labute approximate surface area is 164 Å². The number of morpholine rings is 1. The van der Waals surface area contributed by atoms with Crippen molar-refractivity contribution in [1.82, 2.24) is 30.1 Å². The van der Waals surface area contributed by atoms with Gasteiger partial charge in [0.25, 0.3) is 0 Å². The highest BCUT2D eigenvalue weighted by atomic mass is 19.4. The van der Waals surface area contributed by atoms with Crippen LogP contribution in [0.4, 0.5) is 19.0 Å². The molecule has 3 aromatic rings. The monoisotopic (exact) mass is 405 g/mol. The van der Waals surface area contributed by atoms with Gasteiger partial charge in [-0.25, -0.2) is 15.0 Å². The van der Waals surface area contributed by atoms with Crippen molar-refractivity contribution in [2.24, 2.45) is 0 Å². The Morgan fingerprint density at radius 2 is 2.14 bits per heavy atom. The Balaban J connectivity index is 1.67. The molecule has 4 rings (SSSR count). The number of anilines is 1. The summed E-state index contributed by atoms with van der Waals surface area (Å²) in [6, 6.07) is 4.20. The van der Waals surface area contributed by atoms with E-state index < -0.39 is 18.0 Å². The second-order valence-electron chi connectivity index (χ2n) is 6.47. The number of ether oxygens (including phenoxy) is 1. The Kier molecular flexibility index (Phi) is 5.14. The molecule has 0 bridgehead atoms. The van der Waals surface area contributed by atoms with Crippen LogP contribution in [0.15, 0.2) is 30.6 Å². The van der Waals surface area contributed by atoms with Gasteiger partial charge < -0.3 is 9.64 Å². The predicted octanol–water partition coefficient (Wildman–Crippen LogP) is 2.82. The number of halogens is 3. The summed E-state index contributed by atoms with van der Waals surface area (Å²) in [7, 11) is 0. The minimum Gasteiger partial charge on any atom is -0.366 e. The summed E-state index contributed by atoms with van der Waals surface area (Å²) in [4.78, 5) is 18.1. The van der Waals surface area contributed by atoms with Crippen molar-refractivity contribution < 1.29 is 17.9 Å². The SMILES string of the molecule is CCc1nc(C2CN(c3cc(C(F)(F)F)nc(-c4cccnc4)n3)CCO2)n[nH]1. The maximum Gasteiger partial charge on any atom is 0.433 e. The maximum atomic E-state index is 13.4. The number of alkyl halides is 3. The summed E-state index contributed by atoms with van der Waals surface area (Å²) < 4.78 is 46.0. The van der Waals surface area contributed by atoms with Gasteiger partial charge in [-0.1, -0.05) is 6.92 Å². The van der Waals surface area contributed by atoms with Crippen LogP contribution in [0.1, 0.15) is 30.4 Å². The summed E-state index contributed by atoms with van der Waals surface area (Å²) in [6.45, 7) is 2.93. The van der Waals surface area contributed by atoms with Crippen LogP contribution in [0.5, 0.6) is 0 Å². The fraction of sp³-hybridized carbons (Fsp3) is 0.389. The number of aromatic amines is 1. The van der Waals surface area contributed by atoms with Crippen LogP contribution in [0.25, 0.3) is 11.4 Å². The standard InChI is InChI=1S/C18H18F3N7O/c1-2-14-24-17(27-26-14)12-10-28(6-7-29-12)15-8-13(18(19,20)21)23-16(25-15)11-4-3-5-22-9-11/h3-5,8-9,12H,2,6-7,10H2,1H3,(H,24,26,27). The normalized spacial score (nSPS) is 17.5. The van der Waals surface area contributed by atoms with Crippen molar-refractivity contribution in [3.05, 3.63) is 47.9 Å². The van der Waals surface area contributed by atoms with Gasteiger partial charge in [-0.15, -0.1) is 0 Å². The minimum atomic E-state index is -4.60. The Bertz CT molecular complexity index is 977. The van der Waals surface area contributed by atoms with Gasteiger partial charge in [0.05, 0.1) is 13.2 Å². The Morgan fingerprint density at radius 3 is 2.83 bits per heavy atom. The highest BCUT2D eigenvalue weighted by Crippen LogP contribution is 2.32. The fourth-order valence-electron chi connectivity index (χ4n) is 2.99. The molecule has 1 atom stereocenters. The average Bonchev–Trinajstić information content (AvgIpc) is 3.23. The molecule has 0 aromatic carbocycles. The molecule has 1 aliphatic heterocycles. The van der Waals surface area contributed by atoms with E-state index in [2.05, 4.69) is 30.1 Å². The van der Waals surface area contributed by atoms with Crippen LogP contribution >= 0.6 is 0 Å². The molecule has 0 spiro atoms. The van der Waals surface area contributed by atoms with Crippen molar-refractivity contribution in [2.75, 3.05) is 24.6 Å². The average molecular weight is 405 g/mol. The molecule has 3 aromatic heterocycles. The van der Waals surface area contributed by atoms with Gasteiger partial charge in [-0.05, 0) is 12.1 Å². The smallest absolute Gasteiger partial charge is 0.366 e. The lowest BCUT2D eigenvalue weighted by molar-refractivity contribution is -0.141. The molecule has 1 N–H and O–H groups in total. The van der Waals surface area contributed by atoms with Gasteiger partial charge in [-0.3, -0.25) is 10.1 Å². The molecule has 1 saturated heterocycles. The number of nitrogens with one attached hydrogen (secondary N) is 1. The number of hydrogen-bond donors (Lipinski definition) is 1. The molecule has 8 nitrogen and oxygen atoms in total. The summed E-state index contributed by atoms with van der Waals surface area (Å²) in [5.41, 5.74) is -0.596. The van der Waals surface area contributed by atoms with Crippen LogP contribution in [0.3, 0.4) is 0 Å². The zero-order valence-corrected chi connectivity index (χ0v) is 15.5. The lowest BCUT2D eigenvalue weighted by Gasteiger charge is -2.32. The van der Waals surface area contributed by atoms with E-state index in [-0.39, 0.29) is 18.2 Å². The van der Waals surface area contributed by atoms with Gasteiger partial charge in [0, 0.05) is 37.0 Å². The molecular weight excluding hydrogens is 387 g/mol. The largest absolute Gasteiger partial charge is 0.433 e. The van der Waals surface area contributed by atoms with E-state index in [1.807, 2.05) is 6.92 Å². The zero-order valence-electron chi connectivity index (χ0n) is 15.5. The number of pyridine rings is 1. The van der Waals surface area contributed by atoms with Crippen molar-refractivity contribution in [3.8, 4) is 11.4 Å². The molecule has 0 radical (unpaired) electrons. The summed E-state index contributed by atoms with van der Waals surface area (Å²) in [5, 5.41) is 6.98. The number of H-pyrrole nitrogens is 1. The van der Waals surface area contributed by atoms with Crippen molar-refractivity contribution >= 4 is 5.82 Å². The third kappa shape index (κ3) is 4.19. The fourth-order valence-corrected chi connectivity index (χ4v) is 2.99. The first kappa shape index (κ1) is 19.2. The lowest BCUT2D eigenvalue weighted by atomic mass is 10.2. The second kappa shape index (κ2) is 7.74. The van der Waals surface area contributed by atoms with Crippen LogP contribution in [0, 0.1) is 0 Å². The molecule has 1 aliphatic rings. The van der Waals surface area contributed by atoms with E-state index in [0.29, 0.717) is 31.0 Å². The van der Waals surface area contributed by atoms with Crippen molar-refractivity contribution in [3.63, 3.8) is 0 Å². The van der Waals surface area contributed by atoms with E-state index in [1.165, 1.54) is 12.4 Å². The summed E-state index contributed by atoms with van der Waals surface area (Å²) in [5.74, 6) is 1.34. The van der Waals surface area contributed by atoms with Crippen LogP contribution < -0.4 is 4.90 Å². The first-order valence-corrected chi connectivity index (χ1v) is 9.08. The van der Waals surface area contributed by atoms with Crippen LogP contribution in [-0.2, 0) is 17.3 Å². The zero-order chi connectivity index (χ0) is 20.4.